The zero-order chi connectivity index (χ0) is 15.0. The van der Waals surface area contributed by atoms with Gasteiger partial charge in [-0.3, -0.25) is 0 Å². The highest BCUT2D eigenvalue weighted by atomic mass is 32.2. The molecule has 0 spiro atoms. The van der Waals surface area contributed by atoms with Crippen molar-refractivity contribution in [2.24, 2.45) is 11.4 Å². The van der Waals surface area contributed by atoms with E-state index in [2.05, 4.69) is 4.40 Å². The second kappa shape index (κ2) is 5.13. The van der Waals surface area contributed by atoms with E-state index >= 15 is 0 Å². The molecule has 1 heterocycles. The molecule has 6 heteroatoms. The van der Waals surface area contributed by atoms with Crippen LogP contribution < -0.4 is 4.80 Å². The van der Waals surface area contributed by atoms with Gasteiger partial charge in [-0.1, -0.05) is 41.2 Å². The average molecular weight is 318 g/mol. The first-order valence-corrected chi connectivity index (χ1v) is 8.65. The van der Waals surface area contributed by atoms with Crippen LogP contribution in [-0.2, 0) is 17.1 Å². The van der Waals surface area contributed by atoms with E-state index in [1.807, 2.05) is 38.2 Å². The smallest absolute Gasteiger partial charge is 0.285 e. The van der Waals surface area contributed by atoms with Crippen LogP contribution in [0.2, 0.25) is 0 Å². The number of fused-ring (bicyclic) bond motifs is 1. The molecule has 0 fully saturated rings. The maximum absolute atomic E-state index is 12.4. The molecule has 4 nitrogen and oxygen atoms in total. The van der Waals surface area contributed by atoms with Gasteiger partial charge in [-0.25, -0.2) is 0 Å². The standard InChI is InChI=1S/C15H14N2O2S2/c1-11-7-9-12(10-8-11)21(18,19)16-15-17(2)13-5-3-4-6-14(13)20-15/h3-10H,1-2H3. The SMILES string of the molecule is Cc1ccc(S(=O)(=O)N=c2sc3ccccc3n2C)cc1. The van der Waals surface area contributed by atoms with Crippen LogP contribution in [0.25, 0.3) is 10.2 Å². The van der Waals surface area contributed by atoms with E-state index in [4.69, 9.17) is 0 Å². The van der Waals surface area contributed by atoms with Crippen molar-refractivity contribution < 1.29 is 8.42 Å². The fraction of sp³-hybridized carbons (Fsp3) is 0.133. The molecule has 3 rings (SSSR count). The van der Waals surface area contributed by atoms with Gasteiger partial charge < -0.3 is 4.57 Å². The minimum Gasteiger partial charge on any atom is -0.319 e. The minimum atomic E-state index is -3.69. The van der Waals surface area contributed by atoms with E-state index in [0.29, 0.717) is 4.80 Å². The van der Waals surface area contributed by atoms with Crippen molar-refractivity contribution in [3.8, 4) is 0 Å². The van der Waals surface area contributed by atoms with Gasteiger partial charge in [0.25, 0.3) is 10.0 Å². The summed E-state index contributed by atoms with van der Waals surface area (Å²) in [6, 6.07) is 14.5. The van der Waals surface area contributed by atoms with Crippen molar-refractivity contribution in [2.45, 2.75) is 11.8 Å². The summed E-state index contributed by atoms with van der Waals surface area (Å²) in [4.78, 5) is 0.683. The second-order valence-corrected chi connectivity index (χ2v) is 7.40. The summed E-state index contributed by atoms with van der Waals surface area (Å²) >= 11 is 1.37. The van der Waals surface area contributed by atoms with E-state index in [1.54, 1.807) is 28.8 Å². The molecule has 21 heavy (non-hydrogen) atoms. The molecule has 2 aromatic carbocycles. The lowest BCUT2D eigenvalue weighted by Gasteiger charge is -1.99. The molecular formula is C15H14N2O2S2. The van der Waals surface area contributed by atoms with Gasteiger partial charge in [0.1, 0.15) is 0 Å². The Labute approximate surface area is 127 Å². The summed E-state index contributed by atoms with van der Waals surface area (Å²) in [5.41, 5.74) is 1.99. The predicted molar refractivity (Wildman–Crippen MR) is 84.7 cm³/mol. The number of sulfonamides is 1. The van der Waals surface area contributed by atoms with Crippen LogP contribution in [0.5, 0.6) is 0 Å². The molecule has 0 amide bonds. The number of thiazole rings is 1. The van der Waals surface area contributed by atoms with Crippen molar-refractivity contribution in [3.05, 3.63) is 58.9 Å². The first-order chi connectivity index (χ1) is 9.97. The molecule has 0 saturated heterocycles. The Balaban J connectivity index is 2.19. The highest BCUT2D eigenvalue weighted by molar-refractivity contribution is 7.90. The van der Waals surface area contributed by atoms with Crippen molar-refractivity contribution in [1.82, 2.24) is 4.57 Å². The Bertz CT molecular complexity index is 965. The molecule has 0 unspecified atom stereocenters. The highest BCUT2D eigenvalue weighted by Crippen LogP contribution is 2.17. The summed E-state index contributed by atoms with van der Waals surface area (Å²) in [5, 5.41) is 0. The zero-order valence-corrected chi connectivity index (χ0v) is 13.3. The summed E-state index contributed by atoms with van der Waals surface area (Å²) in [6.45, 7) is 1.92. The van der Waals surface area contributed by atoms with Gasteiger partial charge in [0.05, 0.1) is 15.1 Å². The summed E-state index contributed by atoms with van der Waals surface area (Å²) in [5.74, 6) is 0. The number of aryl methyl sites for hydroxylation is 2. The second-order valence-electron chi connectivity index (χ2n) is 4.79. The normalized spacial score (nSPS) is 13.0. The largest absolute Gasteiger partial charge is 0.319 e. The molecule has 0 aliphatic carbocycles. The first kappa shape index (κ1) is 14.0. The van der Waals surface area contributed by atoms with Crippen molar-refractivity contribution in [1.29, 1.82) is 0 Å². The third-order valence-electron chi connectivity index (χ3n) is 3.23. The molecule has 0 saturated carbocycles. The van der Waals surface area contributed by atoms with E-state index in [0.717, 1.165) is 15.8 Å². The molecule has 3 aromatic rings. The van der Waals surface area contributed by atoms with Gasteiger partial charge in [0.2, 0.25) is 4.80 Å². The van der Waals surface area contributed by atoms with Crippen LogP contribution in [0, 0.1) is 6.92 Å². The van der Waals surface area contributed by atoms with E-state index < -0.39 is 10.0 Å². The van der Waals surface area contributed by atoms with Gasteiger partial charge in [-0.2, -0.15) is 8.42 Å². The van der Waals surface area contributed by atoms with Crippen molar-refractivity contribution >= 4 is 31.6 Å². The summed E-state index contributed by atoms with van der Waals surface area (Å²) < 4.78 is 31.5. The Kier molecular flexibility index (Phi) is 3.43. The van der Waals surface area contributed by atoms with Crippen molar-refractivity contribution in [3.63, 3.8) is 0 Å². The molecular weight excluding hydrogens is 304 g/mol. The van der Waals surface area contributed by atoms with Crippen LogP contribution in [0.1, 0.15) is 5.56 Å². The fourth-order valence-corrected chi connectivity index (χ4v) is 4.28. The Morgan fingerprint density at radius 3 is 2.38 bits per heavy atom. The van der Waals surface area contributed by atoms with Crippen LogP contribution in [-0.4, -0.2) is 13.0 Å². The zero-order valence-electron chi connectivity index (χ0n) is 11.6. The van der Waals surface area contributed by atoms with Crippen LogP contribution in [0.4, 0.5) is 0 Å². The van der Waals surface area contributed by atoms with Crippen molar-refractivity contribution in [2.75, 3.05) is 0 Å². The average Bonchev–Trinajstić information content (AvgIpc) is 2.76. The minimum absolute atomic E-state index is 0.213. The Hall–Kier alpha value is -1.92. The number of hydrogen-bond acceptors (Lipinski definition) is 3. The van der Waals surface area contributed by atoms with Crippen LogP contribution in [0.15, 0.2) is 57.8 Å². The third-order valence-corrected chi connectivity index (χ3v) is 5.74. The summed E-state index contributed by atoms with van der Waals surface area (Å²) in [7, 11) is -1.86. The Morgan fingerprint density at radius 2 is 1.71 bits per heavy atom. The molecule has 0 radical (unpaired) electrons. The fourth-order valence-electron chi connectivity index (χ4n) is 2.04. The van der Waals surface area contributed by atoms with E-state index in [-0.39, 0.29) is 4.90 Å². The maximum atomic E-state index is 12.4. The summed E-state index contributed by atoms with van der Waals surface area (Å²) in [6.07, 6.45) is 0. The molecule has 0 aliphatic rings. The quantitative estimate of drug-likeness (QED) is 0.729. The van der Waals surface area contributed by atoms with Gasteiger partial charge in [-0.05, 0) is 31.2 Å². The lowest BCUT2D eigenvalue weighted by Crippen LogP contribution is -2.13. The van der Waals surface area contributed by atoms with E-state index in [9.17, 15) is 8.42 Å². The van der Waals surface area contributed by atoms with Gasteiger partial charge in [0, 0.05) is 7.05 Å². The van der Waals surface area contributed by atoms with Gasteiger partial charge >= 0.3 is 0 Å². The number of hydrogen-bond donors (Lipinski definition) is 0. The molecule has 1 aromatic heterocycles. The van der Waals surface area contributed by atoms with Crippen LogP contribution >= 0.6 is 11.3 Å². The monoisotopic (exact) mass is 318 g/mol. The number of aromatic nitrogens is 1. The predicted octanol–water partition coefficient (Wildman–Crippen LogP) is 2.84. The third kappa shape index (κ3) is 2.64. The van der Waals surface area contributed by atoms with Crippen LogP contribution in [0.3, 0.4) is 0 Å². The molecule has 0 bridgehead atoms. The highest BCUT2D eigenvalue weighted by Gasteiger charge is 2.13. The van der Waals surface area contributed by atoms with Gasteiger partial charge in [-0.15, -0.1) is 4.40 Å². The van der Waals surface area contributed by atoms with Gasteiger partial charge in [0.15, 0.2) is 0 Å². The lowest BCUT2D eigenvalue weighted by atomic mass is 10.2. The number of benzene rings is 2. The number of rotatable bonds is 2. The first-order valence-electron chi connectivity index (χ1n) is 6.40. The number of nitrogens with zero attached hydrogens (tertiary/aromatic N) is 2. The molecule has 108 valence electrons. The Morgan fingerprint density at radius 1 is 1.05 bits per heavy atom. The molecule has 0 N–H and O–H groups in total. The maximum Gasteiger partial charge on any atom is 0.285 e. The number of para-hydroxylation sites is 1. The topological polar surface area (TPSA) is 51.4 Å². The molecule has 0 atom stereocenters. The lowest BCUT2D eigenvalue weighted by molar-refractivity contribution is 0.596. The molecule has 0 aliphatic heterocycles. The van der Waals surface area contributed by atoms with E-state index in [1.165, 1.54) is 11.3 Å².